The van der Waals surface area contributed by atoms with Crippen LogP contribution in [-0.4, -0.2) is 26.0 Å². The van der Waals surface area contributed by atoms with Crippen LogP contribution in [0, 0.1) is 0 Å². The van der Waals surface area contributed by atoms with Crippen molar-refractivity contribution < 1.29 is 28.5 Å². The van der Waals surface area contributed by atoms with E-state index in [4.69, 9.17) is 24.7 Å². The Bertz CT molecular complexity index is 1150. The van der Waals surface area contributed by atoms with Gasteiger partial charge in [-0.3, -0.25) is 4.79 Å². The maximum absolute atomic E-state index is 12.9. The van der Waals surface area contributed by atoms with E-state index in [1.165, 1.54) is 14.2 Å². The number of carbonyl (C=O) groups is 2. The first-order valence-corrected chi connectivity index (χ1v) is 11.3. The first kappa shape index (κ1) is 22.9. The van der Waals surface area contributed by atoms with Crippen LogP contribution in [0.5, 0.6) is 11.5 Å². The van der Waals surface area contributed by atoms with Crippen molar-refractivity contribution in [2.24, 2.45) is 5.73 Å². The van der Waals surface area contributed by atoms with Crippen molar-refractivity contribution in [3.05, 3.63) is 80.9 Å². The average molecular weight is 514 g/mol. The van der Waals surface area contributed by atoms with Crippen molar-refractivity contribution in [1.82, 2.24) is 0 Å². The highest BCUT2D eigenvalue weighted by Crippen LogP contribution is 2.48. The zero-order valence-corrected chi connectivity index (χ0v) is 19.9. The standard InChI is InChI=1S/C25H24BrNO6/c1-30-19-11-15(16(26)12-20(19)32-13-14-7-4-3-5-8-14)21-22-17(28)9-6-10-18(22)33-24(27)23(21)25(29)31-2/h3-5,7-8,11-12,21H,6,9-10,13,27H2,1-2H3/t21-/m1/s1. The van der Waals surface area contributed by atoms with Gasteiger partial charge in [-0.2, -0.15) is 0 Å². The van der Waals surface area contributed by atoms with Gasteiger partial charge in [0.25, 0.3) is 0 Å². The lowest BCUT2D eigenvalue weighted by Gasteiger charge is -2.33. The van der Waals surface area contributed by atoms with E-state index in [-0.39, 0.29) is 17.2 Å². The number of nitrogens with two attached hydrogens (primary N) is 1. The Kier molecular flexibility index (Phi) is 6.74. The van der Waals surface area contributed by atoms with Gasteiger partial charge in [0, 0.05) is 22.9 Å². The summed E-state index contributed by atoms with van der Waals surface area (Å²) in [6, 6.07) is 13.3. The Morgan fingerprint density at radius 3 is 2.61 bits per heavy atom. The van der Waals surface area contributed by atoms with Gasteiger partial charge in [0.15, 0.2) is 17.3 Å². The molecule has 0 unspecified atom stereocenters. The van der Waals surface area contributed by atoms with Crippen LogP contribution < -0.4 is 15.2 Å². The molecule has 2 aliphatic rings. The summed E-state index contributed by atoms with van der Waals surface area (Å²) in [7, 11) is 2.80. The summed E-state index contributed by atoms with van der Waals surface area (Å²) in [5.41, 5.74) is 8.30. The van der Waals surface area contributed by atoms with Crippen LogP contribution in [-0.2, 0) is 25.7 Å². The third-order valence-electron chi connectivity index (χ3n) is 5.72. The van der Waals surface area contributed by atoms with Crippen molar-refractivity contribution >= 4 is 27.7 Å². The van der Waals surface area contributed by atoms with Crippen LogP contribution in [0.25, 0.3) is 0 Å². The maximum atomic E-state index is 12.9. The number of methoxy groups -OCH3 is 2. The summed E-state index contributed by atoms with van der Waals surface area (Å²) in [5, 5.41) is 0. The fourth-order valence-corrected chi connectivity index (χ4v) is 4.71. The first-order valence-electron chi connectivity index (χ1n) is 10.5. The number of rotatable bonds is 6. The van der Waals surface area contributed by atoms with Crippen molar-refractivity contribution in [3.8, 4) is 11.5 Å². The highest BCUT2D eigenvalue weighted by atomic mass is 79.9. The molecule has 0 saturated carbocycles. The number of benzene rings is 2. The van der Waals surface area contributed by atoms with E-state index in [0.29, 0.717) is 58.7 Å². The Labute approximate surface area is 200 Å². The summed E-state index contributed by atoms with van der Waals surface area (Å²) in [6.07, 6.45) is 1.61. The van der Waals surface area contributed by atoms with Gasteiger partial charge < -0.3 is 24.7 Å². The molecule has 33 heavy (non-hydrogen) atoms. The molecule has 2 aromatic rings. The number of Topliss-reactive ketones (excluding diaryl/α,β-unsaturated/α-hetero) is 1. The van der Waals surface area contributed by atoms with Gasteiger partial charge in [-0.15, -0.1) is 0 Å². The Hall–Kier alpha value is -3.26. The van der Waals surface area contributed by atoms with E-state index < -0.39 is 11.9 Å². The lowest BCUT2D eigenvalue weighted by atomic mass is 9.77. The second-order valence-corrected chi connectivity index (χ2v) is 8.57. The number of esters is 1. The molecule has 0 amide bonds. The van der Waals surface area contributed by atoms with Crippen molar-refractivity contribution in [2.45, 2.75) is 31.8 Å². The van der Waals surface area contributed by atoms with E-state index in [1.54, 1.807) is 12.1 Å². The normalized spacial score (nSPS) is 17.9. The van der Waals surface area contributed by atoms with Gasteiger partial charge in [-0.05, 0) is 29.7 Å². The van der Waals surface area contributed by atoms with Gasteiger partial charge in [-0.1, -0.05) is 46.3 Å². The Morgan fingerprint density at radius 2 is 1.91 bits per heavy atom. The lowest BCUT2D eigenvalue weighted by Crippen LogP contribution is -2.31. The van der Waals surface area contributed by atoms with Crippen LogP contribution >= 0.6 is 15.9 Å². The van der Waals surface area contributed by atoms with Gasteiger partial charge in [0.1, 0.15) is 17.9 Å². The minimum Gasteiger partial charge on any atom is -0.493 e. The summed E-state index contributed by atoms with van der Waals surface area (Å²) >= 11 is 3.60. The van der Waals surface area contributed by atoms with Crippen LogP contribution in [0.15, 0.2) is 69.7 Å². The molecular weight excluding hydrogens is 490 g/mol. The molecule has 0 spiro atoms. The fraction of sp³-hybridized carbons (Fsp3) is 0.280. The molecule has 2 N–H and O–H groups in total. The molecule has 4 rings (SSSR count). The lowest BCUT2D eigenvalue weighted by molar-refractivity contribution is -0.136. The smallest absolute Gasteiger partial charge is 0.340 e. The quantitative estimate of drug-likeness (QED) is 0.567. The molecule has 7 nitrogen and oxygen atoms in total. The first-order chi connectivity index (χ1) is 15.9. The predicted molar refractivity (Wildman–Crippen MR) is 124 cm³/mol. The molecule has 0 saturated heterocycles. The van der Waals surface area contributed by atoms with Crippen molar-refractivity contribution in [2.75, 3.05) is 14.2 Å². The highest BCUT2D eigenvalue weighted by molar-refractivity contribution is 9.10. The number of hydrogen-bond donors (Lipinski definition) is 1. The third-order valence-corrected chi connectivity index (χ3v) is 6.41. The van der Waals surface area contributed by atoms with E-state index >= 15 is 0 Å². The van der Waals surface area contributed by atoms with E-state index in [2.05, 4.69) is 15.9 Å². The molecule has 1 atom stereocenters. The number of allylic oxidation sites excluding steroid dienone is 2. The van der Waals surface area contributed by atoms with Crippen LogP contribution in [0.2, 0.25) is 0 Å². The van der Waals surface area contributed by atoms with Gasteiger partial charge in [-0.25, -0.2) is 4.79 Å². The summed E-state index contributed by atoms with van der Waals surface area (Å²) in [5.74, 6) is -0.0654. The number of ketones is 1. The predicted octanol–water partition coefficient (Wildman–Crippen LogP) is 4.50. The van der Waals surface area contributed by atoms with Gasteiger partial charge >= 0.3 is 5.97 Å². The molecule has 0 bridgehead atoms. The van der Waals surface area contributed by atoms with Gasteiger partial charge in [0.2, 0.25) is 5.88 Å². The van der Waals surface area contributed by atoms with Crippen molar-refractivity contribution in [3.63, 3.8) is 0 Å². The van der Waals surface area contributed by atoms with Crippen LogP contribution in [0.4, 0.5) is 0 Å². The fourth-order valence-electron chi connectivity index (χ4n) is 4.16. The molecule has 1 aliphatic heterocycles. The molecular formula is C25H24BrNO6. The van der Waals surface area contributed by atoms with Gasteiger partial charge in [0.05, 0.1) is 20.1 Å². The zero-order valence-electron chi connectivity index (χ0n) is 18.4. The Morgan fingerprint density at radius 1 is 1.15 bits per heavy atom. The molecule has 2 aromatic carbocycles. The SMILES string of the molecule is COC(=O)C1=C(N)OC2=C(C(=O)CCC2)[C@H]1c1cc(OC)c(OCc2ccccc2)cc1Br. The zero-order chi connectivity index (χ0) is 23.5. The van der Waals surface area contributed by atoms with Crippen LogP contribution in [0.3, 0.4) is 0 Å². The van der Waals surface area contributed by atoms with E-state index in [9.17, 15) is 9.59 Å². The van der Waals surface area contributed by atoms with Crippen molar-refractivity contribution in [1.29, 1.82) is 0 Å². The molecule has 0 radical (unpaired) electrons. The third kappa shape index (κ3) is 4.48. The second-order valence-electron chi connectivity index (χ2n) is 7.72. The maximum Gasteiger partial charge on any atom is 0.340 e. The topological polar surface area (TPSA) is 97.1 Å². The molecule has 0 fully saturated rings. The minimum absolute atomic E-state index is 0.0597. The largest absolute Gasteiger partial charge is 0.493 e. The Balaban J connectivity index is 1.79. The summed E-state index contributed by atoms with van der Waals surface area (Å²) in [4.78, 5) is 25.6. The molecule has 8 heteroatoms. The monoisotopic (exact) mass is 513 g/mol. The molecule has 0 aromatic heterocycles. The molecule has 1 aliphatic carbocycles. The molecule has 172 valence electrons. The van der Waals surface area contributed by atoms with Crippen LogP contribution in [0.1, 0.15) is 36.3 Å². The average Bonchev–Trinajstić information content (AvgIpc) is 2.82. The minimum atomic E-state index is -0.750. The number of ether oxygens (including phenoxy) is 4. The number of carbonyl (C=O) groups excluding carboxylic acids is 2. The highest BCUT2D eigenvalue weighted by Gasteiger charge is 2.42. The second kappa shape index (κ2) is 9.70. The molecule has 1 heterocycles. The summed E-state index contributed by atoms with van der Waals surface area (Å²) in [6.45, 7) is 0.355. The van der Waals surface area contributed by atoms with E-state index in [0.717, 1.165) is 5.56 Å². The van der Waals surface area contributed by atoms with E-state index in [1.807, 2.05) is 30.3 Å². The summed E-state index contributed by atoms with van der Waals surface area (Å²) < 4.78 is 22.9. The number of hydrogen-bond acceptors (Lipinski definition) is 7. The number of halogens is 1.